The van der Waals surface area contributed by atoms with Crippen LogP contribution in [0.3, 0.4) is 0 Å². The Morgan fingerprint density at radius 3 is 2.36 bits per heavy atom. The van der Waals surface area contributed by atoms with Gasteiger partial charge in [-0.1, -0.05) is 18.2 Å². The maximum Gasteiger partial charge on any atom is 0.251 e. The normalized spacial score (nSPS) is 17.2. The maximum atomic E-state index is 12.7. The highest BCUT2D eigenvalue weighted by atomic mass is 16.5. The van der Waals surface area contributed by atoms with Crippen molar-refractivity contribution in [2.75, 3.05) is 44.8 Å². The van der Waals surface area contributed by atoms with Crippen LogP contribution in [0.25, 0.3) is 11.0 Å². The van der Waals surface area contributed by atoms with E-state index in [1.54, 1.807) is 10.6 Å². The van der Waals surface area contributed by atoms with E-state index in [1.807, 2.05) is 36.4 Å². The summed E-state index contributed by atoms with van der Waals surface area (Å²) in [6, 6.07) is 13.2. The fourth-order valence-corrected chi connectivity index (χ4v) is 4.39. The lowest BCUT2D eigenvalue weighted by molar-refractivity contribution is -0.136. The van der Waals surface area contributed by atoms with Crippen LogP contribution in [0.2, 0.25) is 0 Å². The number of ketones is 2. The molecule has 4 rings (SSSR count). The number of benzene rings is 2. The number of para-hydroxylation sites is 2. The first-order chi connectivity index (χ1) is 19.1. The molecule has 11 heteroatoms. The number of rotatable bonds is 16. The lowest BCUT2D eigenvalue weighted by Crippen LogP contribution is -2.23. The van der Waals surface area contributed by atoms with E-state index < -0.39 is 30.5 Å². The SMILES string of the molecule is NCCCCOc1ccc(CCNc2nc3ccccc3n2[C@@H]2O[C@H](CO)C(=O)C2=O)cc1OCCCCN. The van der Waals surface area contributed by atoms with Gasteiger partial charge in [0, 0.05) is 6.54 Å². The molecule has 0 unspecified atom stereocenters. The highest BCUT2D eigenvalue weighted by molar-refractivity contribution is 6.41. The molecule has 2 aromatic carbocycles. The summed E-state index contributed by atoms with van der Waals surface area (Å²) in [5.41, 5.74) is 13.5. The van der Waals surface area contributed by atoms with Gasteiger partial charge < -0.3 is 36.1 Å². The summed E-state index contributed by atoms with van der Waals surface area (Å²) in [5.74, 6) is 0.328. The van der Waals surface area contributed by atoms with Gasteiger partial charge in [0.25, 0.3) is 5.78 Å². The molecule has 1 fully saturated rings. The second-order valence-corrected chi connectivity index (χ2v) is 9.33. The number of anilines is 1. The number of imidazole rings is 1. The van der Waals surface area contributed by atoms with Crippen LogP contribution in [-0.4, -0.2) is 71.8 Å². The number of Topliss-reactive ketones (excluding diaryl/α,β-unsaturated/α-hetero) is 2. The van der Waals surface area contributed by atoms with E-state index in [4.69, 9.17) is 25.7 Å². The van der Waals surface area contributed by atoms with Crippen LogP contribution < -0.4 is 26.3 Å². The molecule has 6 N–H and O–H groups in total. The topological polar surface area (TPSA) is 164 Å². The average molecular weight is 540 g/mol. The molecule has 0 bridgehead atoms. The minimum absolute atomic E-state index is 0.402. The second kappa shape index (κ2) is 14.0. The van der Waals surface area contributed by atoms with Crippen LogP contribution in [0.4, 0.5) is 5.95 Å². The van der Waals surface area contributed by atoms with Gasteiger partial charge in [0.05, 0.1) is 30.9 Å². The van der Waals surface area contributed by atoms with Crippen molar-refractivity contribution >= 4 is 28.5 Å². The van der Waals surface area contributed by atoms with Crippen LogP contribution in [-0.2, 0) is 20.7 Å². The third kappa shape index (κ3) is 6.93. The molecular formula is C28H37N5O6. The summed E-state index contributed by atoms with van der Waals surface area (Å²) in [7, 11) is 0. The van der Waals surface area contributed by atoms with Gasteiger partial charge in [0.15, 0.2) is 11.5 Å². The molecule has 1 aliphatic rings. The number of unbranched alkanes of at least 4 members (excludes halogenated alkanes) is 2. The first-order valence-corrected chi connectivity index (χ1v) is 13.4. The predicted molar refractivity (Wildman–Crippen MR) is 147 cm³/mol. The zero-order valence-corrected chi connectivity index (χ0v) is 22.0. The molecule has 0 saturated carbocycles. The number of nitrogens with zero attached hydrogens (tertiary/aromatic N) is 2. The van der Waals surface area contributed by atoms with Crippen molar-refractivity contribution in [3.05, 3.63) is 48.0 Å². The molecule has 1 aliphatic heterocycles. The Morgan fingerprint density at radius 1 is 0.949 bits per heavy atom. The molecule has 0 spiro atoms. The smallest absolute Gasteiger partial charge is 0.251 e. The summed E-state index contributed by atoms with van der Waals surface area (Å²) in [5, 5.41) is 12.7. The zero-order chi connectivity index (χ0) is 27.6. The van der Waals surface area contributed by atoms with Gasteiger partial charge in [0.2, 0.25) is 18.0 Å². The van der Waals surface area contributed by atoms with Crippen molar-refractivity contribution in [1.82, 2.24) is 9.55 Å². The highest BCUT2D eigenvalue weighted by Crippen LogP contribution is 2.32. The van der Waals surface area contributed by atoms with Crippen LogP contribution >= 0.6 is 0 Å². The Kier molecular flexibility index (Phi) is 10.3. The number of hydrogen-bond acceptors (Lipinski definition) is 10. The third-order valence-electron chi connectivity index (χ3n) is 6.47. The van der Waals surface area contributed by atoms with Gasteiger partial charge in [-0.3, -0.25) is 14.2 Å². The molecule has 0 aliphatic carbocycles. The van der Waals surface area contributed by atoms with Crippen LogP contribution in [0.15, 0.2) is 42.5 Å². The summed E-state index contributed by atoms with van der Waals surface area (Å²) >= 11 is 0. The Hall–Kier alpha value is -3.51. The molecule has 2 heterocycles. The molecular weight excluding hydrogens is 502 g/mol. The Morgan fingerprint density at radius 2 is 1.67 bits per heavy atom. The standard InChI is InChI=1S/C28H37N5O6/c29-12-3-5-15-37-22-10-9-19(17-23(22)38-16-6-4-13-30)11-14-31-28-32-20-7-1-2-8-21(20)33(28)27-26(36)25(35)24(18-34)39-27/h1-2,7-10,17,24,27,34H,3-6,11-16,18,29-30H2,(H,31,32)/t24-,27-/m1/s1. The van der Waals surface area contributed by atoms with E-state index in [9.17, 15) is 14.7 Å². The summed E-state index contributed by atoms with van der Waals surface area (Å²) in [4.78, 5) is 29.5. The molecule has 0 radical (unpaired) electrons. The van der Waals surface area contributed by atoms with Gasteiger partial charge in [-0.2, -0.15) is 0 Å². The first kappa shape index (κ1) is 28.5. The molecule has 11 nitrogen and oxygen atoms in total. The maximum absolute atomic E-state index is 12.7. The van der Waals surface area contributed by atoms with E-state index in [0.717, 1.165) is 31.2 Å². The van der Waals surface area contributed by atoms with Crippen molar-refractivity contribution in [3.63, 3.8) is 0 Å². The molecule has 2 atom stereocenters. The average Bonchev–Trinajstić information content (AvgIpc) is 3.45. The molecule has 210 valence electrons. The van der Waals surface area contributed by atoms with Crippen LogP contribution in [0.5, 0.6) is 11.5 Å². The van der Waals surface area contributed by atoms with Gasteiger partial charge in [0.1, 0.15) is 6.10 Å². The van der Waals surface area contributed by atoms with Crippen molar-refractivity contribution in [1.29, 1.82) is 0 Å². The Labute approximate surface area is 227 Å². The Balaban J connectivity index is 1.47. The molecule has 1 aromatic heterocycles. The number of carbonyl (C=O) groups is 2. The van der Waals surface area contributed by atoms with Gasteiger partial charge in [-0.15, -0.1) is 0 Å². The summed E-state index contributed by atoms with van der Waals surface area (Å²) in [6.45, 7) is 2.30. The second-order valence-electron chi connectivity index (χ2n) is 9.33. The monoisotopic (exact) mass is 539 g/mol. The van der Waals surface area contributed by atoms with E-state index in [2.05, 4.69) is 10.3 Å². The van der Waals surface area contributed by atoms with Crippen LogP contribution in [0, 0.1) is 0 Å². The quantitative estimate of drug-likeness (QED) is 0.156. The minimum atomic E-state index is -1.19. The van der Waals surface area contributed by atoms with E-state index >= 15 is 0 Å². The number of nitrogens with one attached hydrogen (secondary N) is 1. The molecule has 3 aromatic rings. The van der Waals surface area contributed by atoms with Crippen molar-refractivity contribution in [2.24, 2.45) is 11.5 Å². The number of aliphatic hydroxyl groups is 1. The number of nitrogens with two attached hydrogens (primary N) is 2. The number of aliphatic hydroxyl groups excluding tert-OH is 1. The summed E-state index contributed by atoms with van der Waals surface area (Å²) in [6.07, 6.45) is 1.78. The lowest BCUT2D eigenvalue weighted by Gasteiger charge is -2.17. The number of fused-ring (bicyclic) bond motifs is 1. The van der Waals surface area contributed by atoms with Crippen molar-refractivity contribution in [2.45, 2.75) is 44.4 Å². The van der Waals surface area contributed by atoms with Gasteiger partial charge in [-0.25, -0.2) is 4.98 Å². The number of hydrogen-bond donors (Lipinski definition) is 4. The highest BCUT2D eigenvalue weighted by Gasteiger charge is 2.44. The van der Waals surface area contributed by atoms with Gasteiger partial charge in [-0.05, 0) is 75.0 Å². The molecule has 1 saturated heterocycles. The fraction of sp³-hybridized carbons (Fsp3) is 0.464. The van der Waals surface area contributed by atoms with Crippen LogP contribution in [0.1, 0.15) is 37.5 Å². The first-order valence-electron chi connectivity index (χ1n) is 13.4. The van der Waals surface area contributed by atoms with Crippen molar-refractivity contribution < 1.29 is 28.9 Å². The zero-order valence-electron chi connectivity index (χ0n) is 22.0. The van der Waals surface area contributed by atoms with E-state index in [-0.39, 0.29) is 0 Å². The summed E-state index contributed by atoms with van der Waals surface area (Å²) < 4.78 is 19.2. The number of ether oxygens (including phenoxy) is 3. The predicted octanol–water partition coefficient (Wildman–Crippen LogP) is 1.95. The van der Waals surface area contributed by atoms with E-state index in [1.165, 1.54) is 0 Å². The Bertz CT molecular complexity index is 1260. The lowest BCUT2D eigenvalue weighted by atomic mass is 10.1. The fourth-order valence-electron chi connectivity index (χ4n) is 4.39. The largest absolute Gasteiger partial charge is 0.490 e. The van der Waals surface area contributed by atoms with Gasteiger partial charge >= 0.3 is 0 Å². The molecule has 0 amide bonds. The van der Waals surface area contributed by atoms with E-state index in [0.29, 0.717) is 67.7 Å². The van der Waals surface area contributed by atoms with Crippen molar-refractivity contribution in [3.8, 4) is 11.5 Å². The molecule has 39 heavy (non-hydrogen) atoms. The third-order valence-corrected chi connectivity index (χ3v) is 6.47. The minimum Gasteiger partial charge on any atom is -0.490 e. The number of aromatic nitrogens is 2. The number of carbonyl (C=O) groups excluding carboxylic acids is 2.